The van der Waals surface area contributed by atoms with Gasteiger partial charge in [-0.3, -0.25) is 10.1 Å². The first-order valence-electron chi connectivity index (χ1n) is 2.31. The van der Waals surface area contributed by atoms with Gasteiger partial charge in [0.2, 0.25) is 0 Å². The molecule has 10 heteroatoms. The molecule has 0 bridgehead atoms. The highest BCUT2D eigenvalue weighted by molar-refractivity contribution is 4.82. The second-order valence-electron chi connectivity index (χ2n) is 1.53. The lowest BCUT2D eigenvalue weighted by Crippen LogP contribution is -2.26. The van der Waals surface area contributed by atoms with E-state index >= 15 is 0 Å². The number of nitrogens with zero attached hydrogens (tertiary/aromatic N) is 4. The number of H-pyrrole nitrogens is 1. The van der Waals surface area contributed by atoms with Gasteiger partial charge in [0.1, 0.15) is 4.92 Å². The fourth-order valence-corrected chi connectivity index (χ4v) is 0.371. The zero-order valence-corrected chi connectivity index (χ0v) is 5.57. The summed E-state index contributed by atoms with van der Waals surface area (Å²) in [5.74, 6) is -1.25. The number of hydrogen-bond acceptors (Lipinski definition) is 6. The van der Waals surface area contributed by atoms with Crippen molar-refractivity contribution in [3.05, 3.63) is 15.9 Å². The van der Waals surface area contributed by atoms with E-state index in [0.717, 1.165) is 0 Å². The van der Waals surface area contributed by atoms with Gasteiger partial charge < -0.3 is 6.15 Å². The van der Waals surface area contributed by atoms with Crippen molar-refractivity contribution < 1.29 is 13.7 Å². The summed E-state index contributed by atoms with van der Waals surface area (Å²) in [7, 11) is 0. The quantitative estimate of drug-likeness (QED) is 0.366. The van der Waals surface area contributed by atoms with E-state index in [0.29, 0.717) is 0 Å². The van der Waals surface area contributed by atoms with Gasteiger partial charge >= 0.3 is 11.9 Å². The number of aromatic amines is 1. The van der Waals surface area contributed by atoms with Crippen molar-refractivity contribution in [3.63, 3.8) is 0 Å². The van der Waals surface area contributed by atoms with Crippen molar-refractivity contribution in [3.8, 4) is 0 Å². The summed E-state index contributed by atoms with van der Waals surface area (Å²) in [5.41, 5.74) is 0. The van der Waals surface area contributed by atoms with Crippen molar-refractivity contribution in [1.82, 2.24) is 26.8 Å². The number of alkyl halides is 2. The van der Waals surface area contributed by atoms with Crippen LogP contribution in [0.15, 0.2) is 0 Å². The lowest BCUT2D eigenvalue weighted by molar-refractivity contribution is -0.658. The largest absolute Gasteiger partial charge is 0.578 e. The summed E-state index contributed by atoms with van der Waals surface area (Å²) >= 11 is 0. The second kappa shape index (κ2) is 3.13. The molecule has 0 spiro atoms. The summed E-state index contributed by atoms with van der Waals surface area (Å²) in [4.78, 5) is 7.86. The van der Waals surface area contributed by atoms with Gasteiger partial charge in [-0.2, -0.15) is 5.21 Å². The molecule has 4 N–H and O–H groups in total. The Bertz CT molecular complexity index is 259. The van der Waals surface area contributed by atoms with E-state index < -0.39 is 16.8 Å². The highest BCUT2D eigenvalue weighted by atomic mass is 19.3. The van der Waals surface area contributed by atoms with E-state index in [4.69, 9.17) is 0 Å². The van der Waals surface area contributed by atoms with Crippen LogP contribution in [0, 0.1) is 10.1 Å². The minimum absolute atomic E-state index is 0. The van der Waals surface area contributed by atoms with Crippen molar-refractivity contribution in [2.75, 3.05) is 0 Å². The average molecular weight is 182 g/mol. The molecule has 68 valence electrons. The fourth-order valence-electron chi connectivity index (χ4n) is 0.371. The molecule has 0 atom stereocenters. The molecule has 0 aromatic carbocycles. The highest BCUT2D eigenvalue weighted by Gasteiger charge is 2.51. The molecule has 0 aliphatic rings. The third kappa shape index (κ3) is 1.47. The van der Waals surface area contributed by atoms with E-state index in [-0.39, 0.29) is 6.15 Å². The molecule has 0 saturated carbocycles. The molecule has 12 heavy (non-hydrogen) atoms. The monoisotopic (exact) mass is 182 g/mol. The molecule has 0 saturated heterocycles. The zero-order chi connectivity index (χ0) is 8.48. The van der Waals surface area contributed by atoms with Crippen LogP contribution in [0.4, 0.5) is 8.78 Å². The van der Waals surface area contributed by atoms with E-state index in [1.165, 1.54) is 0 Å². The Balaban J connectivity index is 0.00000121. The van der Waals surface area contributed by atoms with E-state index in [9.17, 15) is 18.9 Å². The number of halogens is 2. The Morgan fingerprint density at radius 1 is 1.58 bits per heavy atom. The molecule has 1 rings (SSSR count). The standard InChI is InChI=1S/C2HF2N5O2.H3N/c3-2(4,9(10)11)1-5-7-8-6-1;/h(H,5,6,7,8);1H3. The summed E-state index contributed by atoms with van der Waals surface area (Å²) in [6.45, 7) is 0. The summed E-state index contributed by atoms with van der Waals surface area (Å²) in [5, 5.41) is 19.6. The predicted octanol–water partition coefficient (Wildman–Crippen LogP) is -0.312. The first kappa shape index (κ1) is 10.3. The van der Waals surface area contributed by atoms with Gasteiger partial charge in [0, 0.05) is 0 Å². The number of nitrogens with one attached hydrogen (secondary N) is 1. The van der Waals surface area contributed by atoms with Crippen LogP contribution >= 0.6 is 0 Å². The Morgan fingerprint density at radius 2 is 2.17 bits per heavy atom. The topological polar surface area (TPSA) is 133 Å². The molecule has 1 aromatic heterocycles. The smallest absolute Gasteiger partial charge is 0.344 e. The molecular weight excluding hydrogens is 178 g/mol. The van der Waals surface area contributed by atoms with Crippen LogP contribution in [0.1, 0.15) is 5.82 Å². The van der Waals surface area contributed by atoms with E-state index in [1.54, 1.807) is 5.21 Å². The van der Waals surface area contributed by atoms with Crippen LogP contribution in [-0.4, -0.2) is 25.5 Å². The number of tetrazole rings is 1. The average Bonchev–Trinajstić information content (AvgIpc) is 2.37. The van der Waals surface area contributed by atoms with E-state index in [2.05, 4.69) is 15.4 Å². The van der Waals surface area contributed by atoms with Crippen LogP contribution in [0.25, 0.3) is 0 Å². The molecule has 0 amide bonds. The molecule has 0 unspecified atom stereocenters. The van der Waals surface area contributed by atoms with Crippen LogP contribution in [0.2, 0.25) is 0 Å². The maximum absolute atomic E-state index is 12.2. The van der Waals surface area contributed by atoms with Gasteiger partial charge in [-0.1, -0.05) is 5.10 Å². The van der Waals surface area contributed by atoms with Gasteiger partial charge in [-0.15, -0.1) is 13.9 Å². The Labute approximate surface area is 63.7 Å². The van der Waals surface area contributed by atoms with Gasteiger partial charge in [-0.25, -0.2) is 0 Å². The van der Waals surface area contributed by atoms with Crippen molar-refractivity contribution in [1.29, 1.82) is 0 Å². The van der Waals surface area contributed by atoms with Gasteiger partial charge in [0.05, 0.1) is 0 Å². The number of nitro groups is 1. The van der Waals surface area contributed by atoms with Crippen molar-refractivity contribution in [2.45, 2.75) is 6.05 Å². The summed E-state index contributed by atoms with van der Waals surface area (Å²) < 4.78 is 24.5. The van der Waals surface area contributed by atoms with Crippen LogP contribution < -0.4 is 6.15 Å². The molecule has 1 heterocycles. The number of rotatable bonds is 2. The predicted molar refractivity (Wildman–Crippen MR) is 30.1 cm³/mol. The van der Waals surface area contributed by atoms with Gasteiger partial charge in [0.15, 0.2) is 0 Å². The van der Waals surface area contributed by atoms with Crippen LogP contribution in [0.3, 0.4) is 0 Å². The first-order chi connectivity index (χ1) is 5.05. The van der Waals surface area contributed by atoms with Crippen molar-refractivity contribution >= 4 is 0 Å². The maximum Gasteiger partial charge on any atom is 0.578 e. The summed E-state index contributed by atoms with van der Waals surface area (Å²) in [6, 6.07) is -4.27. The Hall–Kier alpha value is -1.71. The third-order valence-electron chi connectivity index (χ3n) is 0.844. The molecule has 8 nitrogen and oxygen atoms in total. The molecule has 1 aromatic rings. The number of hydrogen-bond donors (Lipinski definition) is 2. The molecule has 0 aliphatic heterocycles. The van der Waals surface area contributed by atoms with Crippen LogP contribution in [0.5, 0.6) is 0 Å². The van der Waals surface area contributed by atoms with Gasteiger partial charge in [0.25, 0.3) is 0 Å². The fraction of sp³-hybridized carbons (Fsp3) is 0.500. The molecular formula is C2H4F2N6O2. The minimum atomic E-state index is -4.27. The normalized spacial score (nSPS) is 10.5. The first-order valence-corrected chi connectivity index (χ1v) is 2.31. The third-order valence-corrected chi connectivity index (χ3v) is 0.844. The maximum atomic E-state index is 12.2. The van der Waals surface area contributed by atoms with E-state index in [1.807, 2.05) is 0 Å². The zero-order valence-electron chi connectivity index (χ0n) is 5.57. The van der Waals surface area contributed by atoms with Crippen LogP contribution in [-0.2, 0) is 6.05 Å². The SMILES string of the molecule is N.O=[N+]([O-])C(F)(F)c1nn[nH]n1. The lowest BCUT2D eigenvalue weighted by atomic mass is 10.5. The van der Waals surface area contributed by atoms with Crippen molar-refractivity contribution in [2.24, 2.45) is 0 Å². The lowest BCUT2D eigenvalue weighted by Gasteiger charge is -1.99. The Morgan fingerprint density at radius 3 is 2.50 bits per heavy atom. The molecule has 0 fully saturated rings. The molecule has 0 radical (unpaired) electrons. The second-order valence-corrected chi connectivity index (χ2v) is 1.53. The minimum Gasteiger partial charge on any atom is -0.344 e. The molecule has 0 aliphatic carbocycles. The summed E-state index contributed by atoms with van der Waals surface area (Å²) in [6.07, 6.45) is 0. The number of aromatic nitrogens is 4. The highest BCUT2D eigenvalue weighted by Crippen LogP contribution is 2.23. The Kier molecular flexibility index (Phi) is 2.68. The van der Waals surface area contributed by atoms with Gasteiger partial charge in [-0.05, 0) is 5.21 Å².